The first-order valence-corrected chi connectivity index (χ1v) is 5.37. The predicted molar refractivity (Wildman–Crippen MR) is 65.1 cm³/mol. The monoisotopic (exact) mass is 225 g/mol. The Hall–Kier alpha value is -2.36. The van der Waals surface area contributed by atoms with Crippen LogP contribution < -0.4 is 0 Å². The van der Waals surface area contributed by atoms with Crippen LogP contribution in [0.5, 0.6) is 0 Å². The standard InChI is InChI=1S/C13H11N3O/c1-8-2-3-10-11(7-14-12(10)4-8)13(17)9-5-15-16-6-9/h2-7,14H,1H3,(H,15,16). The molecule has 0 saturated carbocycles. The molecule has 1 aromatic carbocycles. The summed E-state index contributed by atoms with van der Waals surface area (Å²) < 4.78 is 0. The van der Waals surface area contributed by atoms with Gasteiger partial charge in [0.05, 0.1) is 11.8 Å². The average Bonchev–Trinajstić information content (AvgIpc) is 2.96. The molecule has 0 fully saturated rings. The molecule has 3 aromatic rings. The third kappa shape index (κ3) is 1.54. The Labute approximate surface area is 97.7 Å². The van der Waals surface area contributed by atoms with E-state index in [1.165, 1.54) is 11.8 Å². The van der Waals surface area contributed by atoms with Gasteiger partial charge >= 0.3 is 0 Å². The fraction of sp³-hybridized carbons (Fsp3) is 0.0769. The molecule has 0 bridgehead atoms. The molecule has 0 spiro atoms. The highest BCUT2D eigenvalue weighted by Gasteiger charge is 2.14. The van der Waals surface area contributed by atoms with Crippen molar-refractivity contribution >= 4 is 16.7 Å². The number of aromatic nitrogens is 3. The van der Waals surface area contributed by atoms with Crippen LogP contribution in [0, 0.1) is 6.92 Å². The molecule has 0 amide bonds. The number of H-pyrrole nitrogens is 2. The lowest BCUT2D eigenvalue weighted by molar-refractivity contribution is 0.104. The van der Waals surface area contributed by atoms with E-state index in [1.54, 1.807) is 12.4 Å². The minimum atomic E-state index is -0.0196. The fourth-order valence-electron chi connectivity index (χ4n) is 1.96. The maximum absolute atomic E-state index is 12.2. The normalized spacial score (nSPS) is 10.9. The van der Waals surface area contributed by atoms with E-state index in [0.717, 1.165) is 10.9 Å². The summed E-state index contributed by atoms with van der Waals surface area (Å²) in [7, 11) is 0. The Bertz CT molecular complexity index is 680. The number of carbonyl (C=O) groups excluding carboxylic acids is 1. The van der Waals surface area contributed by atoms with Crippen LogP contribution in [0.25, 0.3) is 10.9 Å². The Morgan fingerprint density at radius 2 is 2.18 bits per heavy atom. The van der Waals surface area contributed by atoms with Crippen molar-refractivity contribution in [3.05, 3.63) is 53.5 Å². The first-order chi connectivity index (χ1) is 8.25. The van der Waals surface area contributed by atoms with Gasteiger partial charge < -0.3 is 4.98 Å². The van der Waals surface area contributed by atoms with E-state index in [0.29, 0.717) is 11.1 Å². The molecule has 0 saturated heterocycles. The van der Waals surface area contributed by atoms with Crippen molar-refractivity contribution in [1.82, 2.24) is 15.2 Å². The number of fused-ring (bicyclic) bond motifs is 1. The molecule has 0 unspecified atom stereocenters. The van der Waals surface area contributed by atoms with Crippen molar-refractivity contribution in [3.8, 4) is 0 Å². The molecule has 4 nitrogen and oxygen atoms in total. The van der Waals surface area contributed by atoms with Gasteiger partial charge in [0, 0.05) is 28.9 Å². The van der Waals surface area contributed by atoms with Crippen LogP contribution in [0.2, 0.25) is 0 Å². The maximum Gasteiger partial charge on any atom is 0.198 e. The van der Waals surface area contributed by atoms with Crippen LogP contribution >= 0.6 is 0 Å². The topological polar surface area (TPSA) is 61.5 Å². The second-order valence-corrected chi connectivity index (χ2v) is 4.07. The SMILES string of the molecule is Cc1ccc2c(C(=O)c3cn[nH]c3)c[nH]c2c1. The third-order valence-electron chi connectivity index (χ3n) is 2.84. The number of aromatic amines is 2. The summed E-state index contributed by atoms with van der Waals surface area (Å²) >= 11 is 0. The Balaban J connectivity index is 2.15. The van der Waals surface area contributed by atoms with Gasteiger partial charge in [-0.2, -0.15) is 5.10 Å². The Kier molecular flexibility index (Phi) is 2.08. The molecule has 0 aliphatic rings. The van der Waals surface area contributed by atoms with Gasteiger partial charge in [0.2, 0.25) is 0 Å². The summed E-state index contributed by atoms with van der Waals surface area (Å²) in [5.74, 6) is -0.0196. The molecular formula is C13H11N3O. The van der Waals surface area contributed by atoms with Crippen LogP contribution in [0.1, 0.15) is 21.5 Å². The summed E-state index contributed by atoms with van der Waals surface area (Å²) in [4.78, 5) is 15.3. The molecule has 0 aliphatic heterocycles. The zero-order chi connectivity index (χ0) is 11.8. The number of rotatable bonds is 2. The van der Waals surface area contributed by atoms with Crippen LogP contribution in [-0.2, 0) is 0 Å². The third-order valence-corrected chi connectivity index (χ3v) is 2.84. The second kappa shape index (κ2) is 3.59. The minimum Gasteiger partial charge on any atom is -0.360 e. The number of hydrogen-bond donors (Lipinski definition) is 2. The second-order valence-electron chi connectivity index (χ2n) is 4.07. The quantitative estimate of drug-likeness (QED) is 0.658. The van der Waals surface area contributed by atoms with Gasteiger partial charge in [0.25, 0.3) is 0 Å². The maximum atomic E-state index is 12.2. The van der Waals surface area contributed by atoms with Crippen molar-refractivity contribution in [2.45, 2.75) is 6.92 Å². The van der Waals surface area contributed by atoms with E-state index in [9.17, 15) is 4.79 Å². The first-order valence-electron chi connectivity index (χ1n) is 5.37. The van der Waals surface area contributed by atoms with Crippen molar-refractivity contribution in [2.75, 3.05) is 0 Å². The van der Waals surface area contributed by atoms with Crippen molar-refractivity contribution < 1.29 is 4.79 Å². The van der Waals surface area contributed by atoms with E-state index in [1.807, 2.05) is 25.1 Å². The van der Waals surface area contributed by atoms with E-state index in [2.05, 4.69) is 15.2 Å². The Morgan fingerprint density at radius 3 is 2.94 bits per heavy atom. The number of hydrogen-bond acceptors (Lipinski definition) is 2. The van der Waals surface area contributed by atoms with E-state index < -0.39 is 0 Å². The zero-order valence-electron chi connectivity index (χ0n) is 9.32. The van der Waals surface area contributed by atoms with Crippen molar-refractivity contribution in [1.29, 1.82) is 0 Å². The Morgan fingerprint density at radius 1 is 1.29 bits per heavy atom. The molecule has 17 heavy (non-hydrogen) atoms. The van der Waals surface area contributed by atoms with Crippen molar-refractivity contribution in [3.63, 3.8) is 0 Å². The largest absolute Gasteiger partial charge is 0.360 e. The number of nitrogens with zero attached hydrogens (tertiary/aromatic N) is 1. The number of carbonyl (C=O) groups is 1. The smallest absolute Gasteiger partial charge is 0.198 e. The summed E-state index contributed by atoms with van der Waals surface area (Å²) in [6.45, 7) is 2.03. The first kappa shape index (κ1) is 9.84. The van der Waals surface area contributed by atoms with Gasteiger partial charge in [0.15, 0.2) is 5.78 Å². The molecule has 0 atom stereocenters. The highest BCUT2D eigenvalue weighted by molar-refractivity contribution is 6.16. The summed E-state index contributed by atoms with van der Waals surface area (Å²) in [6.07, 6.45) is 4.89. The fourth-order valence-corrected chi connectivity index (χ4v) is 1.96. The molecule has 3 rings (SSSR count). The van der Waals surface area contributed by atoms with Gasteiger partial charge in [0.1, 0.15) is 0 Å². The average molecular weight is 225 g/mol. The predicted octanol–water partition coefficient (Wildman–Crippen LogP) is 2.43. The van der Waals surface area contributed by atoms with Gasteiger partial charge in [-0.25, -0.2) is 0 Å². The number of benzene rings is 1. The molecule has 2 N–H and O–H groups in total. The molecule has 84 valence electrons. The lowest BCUT2D eigenvalue weighted by atomic mass is 10.0. The summed E-state index contributed by atoms with van der Waals surface area (Å²) in [5.41, 5.74) is 3.41. The van der Waals surface area contributed by atoms with Crippen LogP contribution in [-0.4, -0.2) is 21.0 Å². The molecule has 0 radical (unpaired) electrons. The summed E-state index contributed by atoms with van der Waals surface area (Å²) in [6, 6.07) is 6.00. The highest BCUT2D eigenvalue weighted by atomic mass is 16.1. The lowest BCUT2D eigenvalue weighted by Crippen LogP contribution is -1.98. The van der Waals surface area contributed by atoms with E-state index in [4.69, 9.17) is 0 Å². The number of nitrogens with one attached hydrogen (secondary N) is 2. The van der Waals surface area contributed by atoms with Gasteiger partial charge in [-0.05, 0) is 18.6 Å². The molecule has 4 heteroatoms. The molecule has 2 heterocycles. The van der Waals surface area contributed by atoms with Gasteiger partial charge in [-0.15, -0.1) is 0 Å². The van der Waals surface area contributed by atoms with Crippen LogP contribution in [0.4, 0.5) is 0 Å². The number of aryl methyl sites for hydroxylation is 1. The van der Waals surface area contributed by atoms with Gasteiger partial charge in [-0.3, -0.25) is 9.89 Å². The summed E-state index contributed by atoms with van der Waals surface area (Å²) in [5, 5.41) is 7.39. The van der Waals surface area contributed by atoms with Crippen LogP contribution in [0.3, 0.4) is 0 Å². The molecule has 2 aromatic heterocycles. The highest BCUT2D eigenvalue weighted by Crippen LogP contribution is 2.21. The van der Waals surface area contributed by atoms with Crippen molar-refractivity contribution in [2.24, 2.45) is 0 Å². The van der Waals surface area contributed by atoms with Gasteiger partial charge in [-0.1, -0.05) is 12.1 Å². The zero-order valence-corrected chi connectivity index (χ0v) is 9.32. The lowest BCUT2D eigenvalue weighted by Gasteiger charge is -1.96. The minimum absolute atomic E-state index is 0.0196. The molecular weight excluding hydrogens is 214 g/mol. The van der Waals surface area contributed by atoms with E-state index >= 15 is 0 Å². The number of ketones is 1. The van der Waals surface area contributed by atoms with E-state index in [-0.39, 0.29) is 5.78 Å². The van der Waals surface area contributed by atoms with Crippen LogP contribution in [0.15, 0.2) is 36.8 Å². The molecule has 0 aliphatic carbocycles.